The Hall–Kier alpha value is -3.58. The number of aromatic nitrogens is 3. The van der Waals surface area contributed by atoms with Crippen molar-refractivity contribution in [3.05, 3.63) is 81.8 Å². The van der Waals surface area contributed by atoms with Crippen molar-refractivity contribution in [2.45, 2.75) is 6.92 Å². The minimum Gasteiger partial charge on any atom is -0.326 e. The lowest BCUT2D eigenvalue weighted by Gasteiger charge is -2.09. The van der Waals surface area contributed by atoms with Gasteiger partial charge in [-0.05, 0) is 23.8 Å². The molecule has 0 saturated heterocycles. The number of fused-ring (bicyclic) bond motifs is 1. The van der Waals surface area contributed by atoms with Crippen molar-refractivity contribution < 1.29 is 4.79 Å². The number of rotatable bonds is 4. The van der Waals surface area contributed by atoms with Gasteiger partial charge < -0.3 is 5.32 Å². The van der Waals surface area contributed by atoms with E-state index in [1.54, 1.807) is 22.9 Å². The molecule has 28 heavy (non-hydrogen) atoms. The van der Waals surface area contributed by atoms with Crippen molar-refractivity contribution in [3.63, 3.8) is 0 Å². The fraction of sp³-hybridized carbons (Fsp3) is 0.0476. The number of hydrogen-bond acceptors (Lipinski definition) is 5. The zero-order chi connectivity index (χ0) is 19.5. The molecule has 3 heterocycles. The van der Waals surface area contributed by atoms with Gasteiger partial charge in [0.05, 0.1) is 17.1 Å². The number of carbonyl (C=O) groups excluding carboxylic acids is 1. The summed E-state index contributed by atoms with van der Waals surface area (Å²) in [6.45, 7) is 1.46. The lowest BCUT2D eigenvalue weighted by atomic mass is 10.1. The Kier molecular flexibility index (Phi) is 4.82. The first-order valence-electron chi connectivity index (χ1n) is 8.58. The second-order valence-corrected chi connectivity index (χ2v) is 6.94. The van der Waals surface area contributed by atoms with Gasteiger partial charge in [0.1, 0.15) is 0 Å². The monoisotopic (exact) mass is 388 g/mol. The highest BCUT2D eigenvalue weighted by molar-refractivity contribution is 7.15. The van der Waals surface area contributed by atoms with Gasteiger partial charge in [0, 0.05) is 36.3 Å². The third-order valence-corrected chi connectivity index (χ3v) is 4.90. The van der Waals surface area contributed by atoms with Gasteiger partial charge in [0.25, 0.3) is 5.56 Å². The standard InChI is InChI=1S/C21H16N4O2S/c1-14(26)23-18-7-3-2-6-17(18)19-13-28-21-24-16(11-20(27)25(19)21)9-8-15-5-4-10-22-12-15/h2-13H,1H3,(H,23,26). The van der Waals surface area contributed by atoms with Crippen LogP contribution in [0.1, 0.15) is 18.2 Å². The Morgan fingerprint density at radius 2 is 2.04 bits per heavy atom. The second kappa shape index (κ2) is 7.58. The summed E-state index contributed by atoms with van der Waals surface area (Å²) in [5.74, 6) is -0.166. The summed E-state index contributed by atoms with van der Waals surface area (Å²) < 4.78 is 1.56. The minimum absolute atomic E-state index is 0.166. The van der Waals surface area contributed by atoms with Gasteiger partial charge in [-0.2, -0.15) is 0 Å². The van der Waals surface area contributed by atoms with E-state index in [-0.39, 0.29) is 11.5 Å². The fourth-order valence-corrected chi connectivity index (χ4v) is 3.77. The van der Waals surface area contributed by atoms with Gasteiger partial charge in [-0.3, -0.25) is 19.0 Å². The Bertz CT molecular complexity index is 1240. The molecule has 4 aromatic rings. The smallest absolute Gasteiger partial charge is 0.259 e. The highest BCUT2D eigenvalue weighted by Crippen LogP contribution is 2.30. The largest absolute Gasteiger partial charge is 0.326 e. The number of anilines is 1. The van der Waals surface area contributed by atoms with Crippen LogP contribution in [-0.2, 0) is 4.79 Å². The summed E-state index contributed by atoms with van der Waals surface area (Å²) in [5, 5.41) is 4.68. The van der Waals surface area contributed by atoms with Crippen LogP contribution in [0.4, 0.5) is 5.69 Å². The molecule has 1 aromatic carbocycles. The minimum atomic E-state index is -0.176. The van der Waals surface area contributed by atoms with Crippen molar-refractivity contribution in [2.75, 3.05) is 5.32 Å². The SMILES string of the molecule is CC(=O)Nc1ccccc1-c1csc2nc(C=Cc3cccnc3)cc(=O)n12. The van der Waals surface area contributed by atoms with Crippen LogP contribution in [0.5, 0.6) is 0 Å². The first kappa shape index (κ1) is 17.8. The molecule has 0 saturated carbocycles. The molecular weight excluding hydrogens is 372 g/mol. The first-order chi connectivity index (χ1) is 13.6. The fourth-order valence-electron chi connectivity index (χ4n) is 2.87. The zero-order valence-corrected chi connectivity index (χ0v) is 15.8. The van der Waals surface area contributed by atoms with Crippen molar-refractivity contribution in [1.82, 2.24) is 14.4 Å². The molecular formula is C21H16N4O2S. The zero-order valence-electron chi connectivity index (χ0n) is 15.0. The molecule has 7 heteroatoms. The molecule has 0 aliphatic rings. The molecule has 1 N–H and O–H groups in total. The van der Waals surface area contributed by atoms with Crippen LogP contribution in [0.25, 0.3) is 28.4 Å². The number of pyridine rings is 1. The molecule has 3 aromatic heterocycles. The van der Waals surface area contributed by atoms with Crippen molar-refractivity contribution in [2.24, 2.45) is 0 Å². The van der Waals surface area contributed by atoms with E-state index >= 15 is 0 Å². The van der Waals surface area contributed by atoms with Crippen molar-refractivity contribution in [3.8, 4) is 11.3 Å². The molecule has 0 atom stereocenters. The van der Waals surface area contributed by atoms with E-state index in [1.807, 2.05) is 47.9 Å². The van der Waals surface area contributed by atoms with Gasteiger partial charge in [0.15, 0.2) is 4.96 Å². The van der Waals surface area contributed by atoms with E-state index in [9.17, 15) is 9.59 Å². The van der Waals surface area contributed by atoms with Crippen molar-refractivity contribution in [1.29, 1.82) is 0 Å². The number of amides is 1. The Morgan fingerprint density at radius 3 is 2.82 bits per heavy atom. The third-order valence-electron chi connectivity index (χ3n) is 4.07. The van der Waals surface area contributed by atoms with Gasteiger partial charge in [-0.1, -0.05) is 30.3 Å². The lowest BCUT2D eigenvalue weighted by Crippen LogP contribution is -2.14. The summed E-state index contributed by atoms with van der Waals surface area (Å²) in [6, 6.07) is 12.7. The maximum absolute atomic E-state index is 12.8. The van der Waals surface area contributed by atoms with E-state index in [4.69, 9.17) is 0 Å². The van der Waals surface area contributed by atoms with E-state index in [0.717, 1.165) is 11.1 Å². The number of nitrogens with zero attached hydrogens (tertiary/aromatic N) is 3. The lowest BCUT2D eigenvalue weighted by molar-refractivity contribution is -0.114. The molecule has 0 aliphatic heterocycles. The van der Waals surface area contributed by atoms with Gasteiger partial charge in [0.2, 0.25) is 5.91 Å². The quantitative estimate of drug-likeness (QED) is 0.574. The molecule has 0 unspecified atom stereocenters. The summed E-state index contributed by atoms with van der Waals surface area (Å²) in [7, 11) is 0. The Labute approximate surface area is 164 Å². The van der Waals surface area contributed by atoms with Crippen LogP contribution in [0, 0.1) is 0 Å². The summed E-state index contributed by atoms with van der Waals surface area (Å²) >= 11 is 1.38. The highest BCUT2D eigenvalue weighted by atomic mass is 32.1. The molecule has 0 bridgehead atoms. The average Bonchev–Trinajstić information content (AvgIpc) is 3.12. The number of thiazole rings is 1. The first-order valence-corrected chi connectivity index (χ1v) is 9.46. The van der Waals surface area contributed by atoms with Crippen LogP contribution in [0.2, 0.25) is 0 Å². The van der Waals surface area contributed by atoms with Crippen molar-refractivity contribution >= 4 is 40.0 Å². The molecule has 138 valence electrons. The summed E-state index contributed by atoms with van der Waals surface area (Å²) in [6.07, 6.45) is 7.11. The topological polar surface area (TPSA) is 76.4 Å². The highest BCUT2D eigenvalue weighted by Gasteiger charge is 2.13. The predicted molar refractivity (Wildman–Crippen MR) is 112 cm³/mol. The number of carbonyl (C=O) groups is 1. The number of nitrogens with one attached hydrogen (secondary N) is 1. The molecule has 6 nitrogen and oxygen atoms in total. The predicted octanol–water partition coefficient (Wildman–Crippen LogP) is 3.95. The maximum Gasteiger partial charge on any atom is 0.259 e. The second-order valence-electron chi connectivity index (χ2n) is 6.10. The normalized spacial score (nSPS) is 11.2. The molecule has 0 fully saturated rings. The number of para-hydroxylation sites is 1. The molecule has 0 spiro atoms. The summed E-state index contributed by atoms with van der Waals surface area (Å²) in [4.78, 5) is 33.5. The molecule has 0 radical (unpaired) electrons. The van der Waals surface area contributed by atoms with Crippen LogP contribution in [-0.4, -0.2) is 20.3 Å². The summed E-state index contributed by atoms with van der Waals surface area (Å²) in [5.41, 5.74) is 3.46. The Balaban J connectivity index is 1.77. The Morgan fingerprint density at radius 1 is 1.18 bits per heavy atom. The van der Waals surface area contributed by atoms with E-state index < -0.39 is 0 Å². The maximum atomic E-state index is 12.8. The van der Waals surface area contributed by atoms with Crippen LogP contribution >= 0.6 is 11.3 Å². The van der Waals surface area contributed by atoms with Crippen LogP contribution < -0.4 is 10.9 Å². The van der Waals surface area contributed by atoms with E-state index in [2.05, 4.69) is 15.3 Å². The van der Waals surface area contributed by atoms with Gasteiger partial charge in [-0.25, -0.2) is 4.98 Å². The third kappa shape index (κ3) is 3.60. The molecule has 4 rings (SSSR count). The van der Waals surface area contributed by atoms with E-state index in [1.165, 1.54) is 24.3 Å². The van der Waals surface area contributed by atoms with Gasteiger partial charge in [-0.15, -0.1) is 11.3 Å². The van der Waals surface area contributed by atoms with Crippen LogP contribution in [0.15, 0.2) is 65.0 Å². The number of benzene rings is 1. The molecule has 0 aliphatic carbocycles. The molecule has 1 amide bonds. The van der Waals surface area contributed by atoms with Gasteiger partial charge >= 0.3 is 0 Å². The average molecular weight is 388 g/mol. The van der Waals surface area contributed by atoms with Crippen LogP contribution in [0.3, 0.4) is 0 Å². The van der Waals surface area contributed by atoms with E-state index in [0.29, 0.717) is 22.0 Å². The number of hydrogen-bond donors (Lipinski definition) is 1.